The Bertz CT molecular complexity index is 284. The largest absolute Gasteiger partial charge is 0.384 e. The lowest BCUT2D eigenvalue weighted by Crippen LogP contribution is -2.33. The van der Waals surface area contributed by atoms with E-state index in [0.717, 1.165) is 25.4 Å². The second-order valence-electron chi connectivity index (χ2n) is 3.07. The Hall–Kier alpha value is -1.29. The van der Waals surface area contributed by atoms with E-state index in [9.17, 15) is 0 Å². The lowest BCUT2D eigenvalue weighted by molar-refractivity contribution is 0.106. The highest BCUT2D eigenvalue weighted by atomic mass is 16.5. The molecule has 0 aromatic carbocycles. The van der Waals surface area contributed by atoms with Gasteiger partial charge in [0.05, 0.1) is 6.61 Å². The van der Waals surface area contributed by atoms with Gasteiger partial charge in [0.2, 0.25) is 0 Å². The SMILES string of the molecule is Nc1cccc(N2CCCOC2)n1. The van der Waals surface area contributed by atoms with Gasteiger partial charge in [0.1, 0.15) is 18.4 Å². The number of ether oxygens (including phenoxy) is 1. The molecule has 0 spiro atoms. The van der Waals surface area contributed by atoms with Crippen molar-refractivity contribution in [1.82, 2.24) is 4.98 Å². The number of nitrogens with two attached hydrogens (primary N) is 1. The third-order valence-electron chi connectivity index (χ3n) is 2.04. The molecule has 0 bridgehead atoms. The van der Waals surface area contributed by atoms with E-state index in [1.54, 1.807) is 6.07 Å². The van der Waals surface area contributed by atoms with Crippen molar-refractivity contribution < 1.29 is 4.74 Å². The summed E-state index contributed by atoms with van der Waals surface area (Å²) >= 11 is 0. The first-order valence-electron chi connectivity index (χ1n) is 4.41. The van der Waals surface area contributed by atoms with Crippen molar-refractivity contribution in [2.24, 2.45) is 0 Å². The number of aromatic nitrogens is 1. The van der Waals surface area contributed by atoms with Gasteiger partial charge in [0, 0.05) is 6.54 Å². The molecule has 1 aliphatic heterocycles. The van der Waals surface area contributed by atoms with Crippen LogP contribution in [0.4, 0.5) is 11.6 Å². The number of rotatable bonds is 1. The van der Waals surface area contributed by atoms with Crippen molar-refractivity contribution in [3.63, 3.8) is 0 Å². The van der Waals surface area contributed by atoms with Crippen LogP contribution in [0, 0.1) is 0 Å². The average Bonchev–Trinajstić information content (AvgIpc) is 2.19. The van der Waals surface area contributed by atoms with Crippen molar-refractivity contribution in [3.05, 3.63) is 18.2 Å². The van der Waals surface area contributed by atoms with Crippen LogP contribution in [0.2, 0.25) is 0 Å². The molecule has 1 saturated heterocycles. The van der Waals surface area contributed by atoms with Crippen LogP contribution < -0.4 is 10.6 Å². The van der Waals surface area contributed by atoms with Gasteiger partial charge >= 0.3 is 0 Å². The molecule has 2 rings (SSSR count). The fourth-order valence-corrected chi connectivity index (χ4v) is 1.39. The molecule has 0 atom stereocenters. The fraction of sp³-hybridized carbons (Fsp3) is 0.444. The Balaban J connectivity index is 2.14. The number of nitrogen functional groups attached to an aromatic ring is 1. The van der Waals surface area contributed by atoms with Gasteiger partial charge in [0.15, 0.2) is 0 Å². The molecule has 0 saturated carbocycles. The predicted molar refractivity (Wildman–Crippen MR) is 51.4 cm³/mol. The van der Waals surface area contributed by atoms with Crippen molar-refractivity contribution >= 4 is 11.6 Å². The van der Waals surface area contributed by atoms with E-state index < -0.39 is 0 Å². The molecular weight excluding hydrogens is 166 g/mol. The number of hydrogen-bond acceptors (Lipinski definition) is 4. The minimum atomic E-state index is 0.558. The quantitative estimate of drug-likeness (QED) is 0.694. The topological polar surface area (TPSA) is 51.4 Å². The minimum absolute atomic E-state index is 0.558. The van der Waals surface area contributed by atoms with Gasteiger partial charge in [-0.3, -0.25) is 0 Å². The molecule has 4 nitrogen and oxygen atoms in total. The van der Waals surface area contributed by atoms with Crippen molar-refractivity contribution in [2.45, 2.75) is 6.42 Å². The number of pyridine rings is 1. The number of nitrogens with zero attached hydrogens (tertiary/aromatic N) is 2. The van der Waals surface area contributed by atoms with Gasteiger partial charge in [0.25, 0.3) is 0 Å². The molecule has 4 heteroatoms. The Morgan fingerprint density at radius 1 is 1.46 bits per heavy atom. The lowest BCUT2D eigenvalue weighted by atomic mass is 10.3. The highest BCUT2D eigenvalue weighted by Gasteiger charge is 2.11. The van der Waals surface area contributed by atoms with E-state index in [4.69, 9.17) is 10.5 Å². The van der Waals surface area contributed by atoms with Crippen LogP contribution in [-0.4, -0.2) is 24.9 Å². The van der Waals surface area contributed by atoms with Gasteiger partial charge in [-0.05, 0) is 18.6 Å². The summed E-state index contributed by atoms with van der Waals surface area (Å²) in [6.45, 7) is 2.46. The Morgan fingerprint density at radius 3 is 3.08 bits per heavy atom. The zero-order valence-electron chi connectivity index (χ0n) is 7.44. The summed E-state index contributed by atoms with van der Waals surface area (Å²) in [5.41, 5.74) is 5.59. The number of anilines is 2. The first-order valence-corrected chi connectivity index (χ1v) is 4.41. The summed E-state index contributed by atoms with van der Waals surface area (Å²) in [6, 6.07) is 5.64. The zero-order chi connectivity index (χ0) is 9.10. The van der Waals surface area contributed by atoms with Gasteiger partial charge in [-0.15, -0.1) is 0 Å². The molecule has 1 aromatic heterocycles. The van der Waals surface area contributed by atoms with Gasteiger partial charge in [-0.1, -0.05) is 6.07 Å². The Labute approximate surface area is 77.3 Å². The standard InChI is InChI=1S/C9H13N3O/c10-8-3-1-4-9(11-8)12-5-2-6-13-7-12/h1,3-4H,2,5-7H2,(H2,10,11). The summed E-state index contributed by atoms with van der Waals surface area (Å²) in [5.74, 6) is 1.46. The molecule has 0 unspecified atom stereocenters. The maximum atomic E-state index is 5.59. The molecular formula is C9H13N3O. The van der Waals surface area contributed by atoms with Crippen LogP contribution in [-0.2, 0) is 4.74 Å². The van der Waals surface area contributed by atoms with Gasteiger partial charge in [-0.2, -0.15) is 0 Å². The maximum Gasteiger partial charge on any atom is 0.132 e. The normalized spacial score (nSPS) is 17.4. The van der Waals surface area contributed by atoms with E-state index in [-0.39, 0.29) is 0 Å². The second kappa shape index (κ2) is 3.62. The predicted octanol–water partition coefficient (Wildman–Crippen LogP) is 0.848. The lowest BCUT2D eigenvalue weighted by Gasteiger charge is -2.27. The first kappa shape index (κ1) is 8.31. The Morgan fingerprint density at radius 2 is 2.38 bits per heavy atom. The van der Waals surface area contributed by atoms with Gasteiger partial charge in [-0.25, -0.2) is 4.98 Å². The van der Waals surface area contributed by atoms with E-state index >= 15 is 0 Å². The second-order valence-corrected chi connectivity index (χ2v) is 3.07. The number of hydrogen-bond donors (Lipinski definition) is 1. The van der Waals surface area contributed by atoms with E-state index in [1.165, 1.54) is 0 Å². The van der Waals surface area contributed by atoms with E-state index in [0.29, 0.717) is 12.5 Å². The minimum Gasteiger partial charge on any atom is -0.384 e. The molecule has 70 valence electrons. The van der Waals surface area contributed by atoms with Crippen molar-refractivity contribution in [2.75, 3.05) is 30.5 Å². The molecule has 2 N–H and O–H groups in total. The zero-order valence-corrected chi connectivity index (χ0v) is 7.44. The van der Waals surface area contributed by atoms with Crippen LogP contribution >= 0.6 is 0 Å². The molecule has 1 aromatic rings. The summed E-state index contributed by atoms with van der Waals surface area (Å²) < 4.78 is 5.32. The monoisotopic (exact) mass is 179 g/mol. The van der Waals surface area contributed by atoms with Crippen LogP contribution in [0.25, 0.3) is 0 Å². The van der Waals surface area contributed by atoms with E-state index in [2.05, 4.69) is 9.88 Å². The molecule has 0 aliphatic carbocycles. The molecule has 0 amide bonds. The fourth-order valence-electron chi connectivity index (χ4n) is 1.39. The molecule has 1 aliphatic rings. The summed E-state index contributed by atoms with van der Waals surface area (Å²) in [4.78, 5) is 6.30. The smallest absolute Gasteiger partial charge is 0.132 e. The molecule has 13 heavy (non-hydrogen) atoms. The molecule has 0 radical (unpaired) electrons. The van der Waals surface area contributed by atoms with Crippen LogP contribution in [0.1, 0.15) is 6.42 Å². The third kappa shape index (κ3) is 1.89. The highest BCUT2D eigenvalue weighted by molar-refractivity contribution is 5.44. The summed E-state index contributed by atoms with van der Waals surface area (Å²) in [6.07, 6.45) is 1.05. The maximum absolute atomic E-state index is 5.59. The van der Waals surface area contributed by atoms with Gasteiger partial charge < -0.3 is 15.4 Å². The highest BCUT2D eigenvalue weighted by Crippen LogP contribution is 2.14. The average molecular weight is 179 g/mol. The first-order chi connectivity index (χ1) is 6.36. The van der Waals surface area contributed by atoms with Crippen molar-refractivity contribution in [3.8, 4) is 0 Å². The Kier molecular flexibility index (Phi) is 2.31. The van der Waals surface area contributed by atoms with Crippen LogP contribution in [0.5, 0.6) is 0 Å². The molecule has 2 heterocycles. The summed E-state index contributed by atoms with van der Waals surface area (Å²) in [5, 5.41) is 0. The van der Waals surface area contributed by atoms with Crippen molar-refractivity contribution in [1.29, 1.82) is 0 Å². The third-order valence-corrected chi connectivity index (χ3v) is 2.04. The van der Waals surface area contributed by atoms with Crippen LogP contribution in [0.3, 0.4) is 0 Å². The van der Waals surface area contributed by atoms with Crippen LogP contribution in [0.15, 0.2) is 18.2 Å². The van der Waals surface area contributed by atoms with E-state index in [1.807, 2.05) is 12.1 Å². The molecule has 1 fully saturated rings. The summed E-state index contributed by atoms with van der Waals surface area (Å²) in [7, 11) is 0.